The van der Waals surface area contributed by atoms with Crippen molar-refractivity contribution in [3.63, 3.8) is 0 Å². The minimum absolute atomic E-state index is 0. The molecule has 1 atom stereocenters. The maximum absolute atomic E-state index is 4.42. The molecule has 19 heavy (non-hydrogen) atoms. The average molecular weight is 300 g/mol. The molecule has 1 fully saturated rings. The summed E-state index contributed by atoms with van der Waals surface area (Å²) in [5, 5.41) is 4.62. The Morgan fingerprint density at radius 1 is 1.26 bits per heavy atom. The molecule has 0 saturated carbocycles. The first kappa shape index (κ1) is 16.0. The van der Waals surface area contributed by atoms with Crippen LogP contribution < -0.4 is 10.2 Å². The van der Waals surface area contributed by atoms with E-state index >= 15 is 0 Å². The van der Waals surface area contributed by atoms with Gasteiger partial charge in [-0.25, -0.2) is 0 Å². The molecule has 0 amide bonds. The van der Waals surface area contributed by atoms with Gasteiger partial charge in [0.2, 0.25) is 0 Å². The quantitative estimate of drug-likeness (QED) is 0.878. The number of pyridine rings is 1. The van der Waals surface area contributed by atoms with E-state index in [1.165, 1.54) is 11.1 Å². The minimum Gasteiger partial charge on any atom is -0.366 e. The summed E-state index contributed by atoms with van der Waals surface area (Å²) in [6, 6.07) is 11.2. The number of aromatic nitrogens is 1. The Labute approximate surface area is 126 Å². The normalized spacial score (nSPS) is 18.6. The molecule has 1 aromatic carbocycles. The highest BCUT2D eigenvalue weighted by Crippen LogP contribution is 2.22. The van der Waals surface area contributed by atoms with Crippen molar-refractivity contribution < 1.29 is 0 Å². The molecular weight excluding hydrogens is 281 g/mol. The maximum atomic E-state index is 4.42. The molecule has 0 radical (unpaired) electrons. The molecule has 1 N–H and O–H groups in total. The Morgan fingerprint density at radius 3 is 2.89 bits per heavy atom. The van der Waals surface area contributed by atoms with Gasteiger partial charge in [-0.3, -0.25) is 4.98 Å². The van der Waals surface area contributed by atoms with Crippen molar-refractivity contribution in [1.29, 1.82) is 0 Å². The maximum Gasteiger partial charge on any atom is 0.0722 e. The van der Waals surface area contributed by atoms with Gasteiger partial charge in [0.25, 0.3) is 0 Å². The number of rotatable bonds is 1. The Hall–Kier alpha value is -1.03. The van der Waals surface area contributed by atoms with Crippen molar-refractivity contribution in [3.8, 4) is 0 Å². The number of halogens is 2. The molecule has 0 bridgehead atoms. The van der Waals surface area contributed by atoms with E-state index in [0.717, 1.165) is 25.2 Å². The molecule has 0 spiro atoms. The molecular formula is C14H19Cl2N3. The van der Waals surface area contributed by atoms with Gasteiger partial charge in [0.15, 0.2) is 0 Å². The first-order chi connectivity index (χ1) is 8.34. The Bertz CT molecular complexity index is 533. The van der Waals surface area contributed by atoms with Gasteiger partial charge in [-0.05, 0) is 25.1 Å². The van der Waals surface area contributed by atoms with Crippen LogP contribution in [0.25, 0.3) is 10.9 Å². The number of benzene rings is 1. The van der Waals surface area contributed by atoms with Gasteiger partial charge >= 0.3 is 0 Å². The molecule has 1 unspecified atom stereocenters. The lowest BCUT2D eigenvalue weighted by atomic mass is 10.1. The van der Waals surface area contributed by atoms with Crippen molar-refractivity contribution >= 4 is 41.4 Å². The summed E-state index contributed by atoms with van der Waals surface area (Å²) in [6.07, 6.45) is 1.85. The second-order valence-electron chi connectivity index (χ2n) is 4.63. The number of nitrogens with one attached hydrogen (secondary N) is 1. The Kier molecular flexibility index (Phi) is 5.85. The molecule has 104 valence electrons. The van der Waals surface area contributed by atoms with Crippen LogP contribution in [0.4, 0.5) is 5.69 Å². The first-order valence-corrected chi connectivity index (χ1v) is 6.17. The van der Waals surface area contributed by atoms with Crippen LogP contribution >= 0.6 is 24.8 Å². The lowest BCUT2D eigenvalue weighted by molar-refractivity contribution is 0.501. The Morgan fingerprint density at radius 2 is 2.11 bits per heavy atom. The van der Waals surface area contributed by atoms with Gasteiger partial charge < -0.3 is 10.2 Å². The number of nitrogens with zero attached hydrogens (tertiary/aromatic N) is 2. The fourth-order valence-electron chi connectivity index (χ4n) is 2.46. The van der Waals surface area contributed by atoms with Crippen LogP contribution in [0.5, 0.6) is 0 Å². The predicted molar refractivity (Wildman–Crippen MR) is 85.9 cm³/mol. The summed E-state index contributed by atoms with van der Waals surface area (Å²) in [6.45, 7) is 5.44. The number of hydrogen-bond donors (Lipinski definition) is 1. The second-order valence-corrected chi connectivity index (χ2v) is 4.63. The van der Waals surface area contributed by atoms with E-state index in [-0.39, 0.29) is 24.8 Å². The van der Waals surface area contributed by atoms with Crippen LogP contribution in [0.15, 0.2) is 36.5 Å². The van der Waals surface area contributed by atoms with Crippen LogP contribution in [-0.4, -0.2) is 30.7 Å². The molecule has 1 saturated heterocycles. The van der Waals surface area contributed by atoms with Crippen molar-refractivity contribution in [2.45, 2.75) is 13.0 Å². The smallest absolute Gasteiger partial charge is 0.0722 e. The van der Waals surface area contributed by atoms with Crippen LogP contribution in [0.3, 0.4) is 0 Å². The van der Waals surface area contributed by atoms with E-state index in [1.807, 2.05) is 12.3 Å². The van der Waals surface area contributed by atoms with Crippen molar-refractivity contribution in [2.75, 3.05) is 24.5 Å². The van der Waals surface area contributed by atoms with Gasteiger partial charge in [0.05, 0.1) is 5.52 Å². The highest BCUT2D eigenvalue weighted by atomic mass is 35.5. The third-order valence-electron chi connectivity index (χ3n) is 3.42. The number of fused-ring (bicyclic) bond motifs is 1. The van der Waals surface area contributed by atoms with E-state index in [4.69, 9.17) is 0 Å². The van der Waals surface area contributed by atoms with Gasteiger partial charge in [-0.15, -0.1) is 24.8 Å². The van der Waals surface area contributed by atoms with Crippen LogP contribution in [0.2, 0.25) is 0 Å². The summed E-state index contributed by atoms with van der Waals surface area (Å²) in [5.41, 5.74) is 2.36. The van der Waals surface area contributed by atoms with Crippen LogP contribution in [0.1, 0.15) is 6.92 Å². The van der Waals surface area contributed by atoms with Crippen molar-refractivity contribution in [1.82, 2.24) is 10.3 Å². The topological polar surface area (TPSA) is 28.2 Å². The highest BCUT2D eigenvalue weighted by Gasteiger charge is 2.18. The summed E-state index contributed by atoms with van der Waals surface area (Å²) in [7, 11) is 0. The molecule has 2 heterocycles. The SMILES string of the molecule is CC1CNCCN1c1ccc2cccnc2c1.Cl.Cl. The van der Waals surface area contributed by atoms with E-state index < -0.39 is 0 Å². The molecule has 1 aliphatic heterocycles. The lowest BCUT2D eigenvalue weighted by Gasteiger charge is -2.36. The lowest BCUT2D eigenvalue weighted by Crippen LogP contribution is -2.49. The number of hydrogen-bond acceptors (Lipinski definition) is 3. The molecule has 5 heteroatoms. The van der Waals surface area contributed by atoms with Gasteiger partial charge in [-0.2, -0.15) is 0 Å². The molecule has 0 aliphatic carbocycles. The summed E-state index contributed by atoms with van der Waals surface area (Å²) in [5.74, 6) is 0. The van der Waals surface area contributed by atoms with Gasteiger partial charge in [0, 0.05) is 42.9 Å². The molecule has 3 nitrogen and oxygen atoms in total. The zero-order chi connectivity index (χ0) is 11.7. The fourth-order valence-corrected chi connectivity index (χ4v) is 2.46. The second kappa shape index (κ2) is 6.94. The first-order valence-electron chi connectivity index (χ1n) is 6.17. The number of piperazine rings is 1. The van der Waals surface area contributed by atoms with Crippen LogP contribution in [-0.2, 0) is 0 Å². The summed E-state index contributed by atoms with van der Waals surface area (Å²) >= 11 is 0. The third-order valence-corrected chi connectivity index (χ3v) is 3.42. The van der Waals surface area contributed by atoms with Gasteiger partial charge in [0.1, 0.15) is 0 Å². The minimum atomic E-state index is 0. The summed E-state index contributed by atoms with van der Waals surface area (Å²) < 4.78 is 0. The van der Waals surface area contributed by atoms with E-state index in [0.29, 0.717) is 6.04 Å². The third kappa shape index (κ3) is 3.30. The molecule has 1 aliphatic rings. The van der Waals surface area contributed by atoms with Crippen molar-refractivity contribution in [3.05, 3.63) is 36.5 Å². The predicted octanol–water partition coefficient (Wildman–Crippen LogP) is 2.88. The highest BCUT2D eigenvalue weighted by molar-refractivity contribution is 5.85. The number of anilines is 1. The largest absolute Gasteiger partial charge is 0.366 e. The molecule has 2 aromatic rings. The van der Waals surface area contributed by atoms with Crippen LogP contribution in [0, 0.1) is 0 Å². The fraction of sp³-hybridized carbons (Fsp3) is 0.357. The van der Waals surface area contributed by atoms with Gasteiger partial charge in [-0.1, -0.05) is 12.1 Å². The van der Waals surface area contributed by atoms with E-state index in [9.17, 15) is 0 Å². The average Bonchev–Trinajstić information content (AvgIpc) is 2.39. The zero-order valence-electron chi connectivity index (χ0n) is 10.9. The summed E-state index contributed by atoms with van der Waals surface area (Å²) in [4.78, 5) is 6.87. The Balaban J connectivity index is 0.000000902. The molecule has 3 rings (SSSR count). The van der Waals surface area contributed by atoms with E-state index in [1.54, 1.807) is 0 Å². The van der Waals surface area contributed by atoms with E-state index in [2.05, 4.69) is 46.4 Å². The standard InChI is InChI=1S/C14H17N3.2ClH/c1-11-10-15-7-8-17(11)13-5-4-12-3-2-6-16-14(12)9-13;;/h2-6,9,11,15H,7-8,10H2,1H3;2*1H. The molecule has 1 aromatic heterocycles. The zero-order valence-corrected chi connectivity index (χ0v) is 12.5. The monoisotopic (exact) mass is 299 g/mol. The van der Waals surface area contributed by atoms with Crippen molar-refractivity contribution in [2.24, 2.45) is 0 Å².